The van der Waals surface area contributed by atoms with Crippen LogP contribution in [0.15, 0.2) is 65.3 Å². The van der Waals surface area contributed by atoms with E-state index in [1.165, 1.54) is 23.7 Å². The van der Waals surface area contributed by atoms with Gasteiger partial charge in [-0.3, -0.25) is 19.0 Å². The molecular formula is C39H46ClN5O5S. The number of benzene rings is 2. The molecule has 2 amide bonds. The number of carbonyl (C=O) groups is 2. The van der Waals surface area contributed by atoms with Gasteiger partial charge in [0.15, 0.2) is 0 Å². The number of hydrogen-bond donors (Lipinski definition) is 1. The smallest absolute Gasteiger partial charge is 0.286 e. The molecule has 1 N–H and O–H groups in total. The van der Waals surface area contributed by atoms with Gasteiger partial charge in [0.25, 0.3) is 11.8 Å². The number of nitrogens with one attached hydrogen (secondary N) is 1. The quantitative estimate of drug-likeness (QED) is 0.294. The molecule has 3 heterocycles. The van der Waals surface area contributed by atoms with E-state index in [1.54, 1.807) is 24.1 Å². The number of hydrogen-bond acceptors (Lipinski definition) is 7. The average molecular weight is 732 g/mol. The molecule has 3 aromatic rings. The van der Waals surface area contributed by atoms with E-state index in [0.717, 1.165) is 43.1 Å². The van der Waals surface area contributed by atoms with Crippen LogP contribution in [-0.2, 0) is 26.6 Å². The first-order chi connectivity index (χ1) is 24.6. The Morgan fingerprint density at radius 2 is 2.06 bits per heavy atom. The number of rotatable bonds is 4. The third kappa shape index (κ3) is 6.61. The molecule has 3 aliphatic carbocycles. The molecule has 2 aliphatic heterocycles. The monoisotopic (exact) mass is 731 g/mol. The standard InChI is InChI=1S/C39H46ClN5O5S/c1-4-45-20-28(18-41-45)38(47)43-51(48)21-24(2)6-5-7-35(49-3)30-11-8-26(30)19-44-22-39(17-27-14-31(27)32-16-29(40)10-12-33(32)39)23-50-36-13-9-25(15-34(36)44)37(46)42-51/h5,7,9-10,12-13,15-16,18,20,24,26-27,30-31,35H,4,6,8,11,14,17,19,21-23H2,1-3H3,(H,42,43,46,47,48)/b7-5-/t24-,26-,27-,30+,31-,35-,39-,51?/m0/s1. The van der Waals surface area contributed by atoms with Gasteiger partial charge < -0.3 is 14.4 Å². The number of carbonyl (C=O) groups excluding carboxylic acids is 2. The highest BCUT2D eigenvalue weighted by Crippen LogP contribution is 2.61. The van der Waals surface area contributed by atoms with Crippen LogP contribution in [0, 0.1) is 23.7 Å². The summed E-state index contributed by atoms with van der Waals surface area (Å²) in [7, 11) is -1.75. The maximum Gasteiger partial charge on any atom is 0.286 e. The first-order valence-electron chi connectivity index (χ1n) is 18.2. The topological polar surface area (TPSA) is 115 Å². The van der Waals surface area contributed by atoms with Crippen LogP contribution in [-0.4, -0.2) is 64.5 Å². The van der Waals surface area contributed by atoms with Crippen molar-refractivity contribution in [3.8, 4) is 5.75 Å². The highest BCUT2D eigenvalue weighted by Gasteiger charge is 2.54. The maximum absolute atomic E-state index is 14.5. The zero-order chi connectivity index (χ0) is 35.5. The van der Waals surface area contributed by atoms with Gasteiger partial charge in [-0.2, -0.15) is 5.10 Å². The van der Waals surface area contributed by atoms with Crippen molar-refractivity contribution in [2.75, 3.05) is 37.5 Å². The molecule has 8 rings (SSSR count). The van der Waals surface area contributed by atoms with E-state index in [4.69, 9.17) is 21.1 Å². The number of allylic oxidation sites excluding steroid dienone is 1. The fraction of sp³-hybridized carbons (Fsp3) is 0.513. The second-order valence-corrected chi connectivity index (χ2v) is 17.8. The molecule has 1 spiro atoms. The van der Waals surface area contributed by atoms with Crippen molar-refractivity contribution in [3.63, 3.8) is 0 Å². The highest BCUT2D eigenvalue weighted by atomic mass is 35.5. The summed E-state index contributed by atoms with van der Waals surface area (Å²) in [5.41, 5.74) is 3.81. The van der Waals surface area contributed by atoms with Crippen molar-refractivity contribution in [1.29, 1.82) is 0 Å². The average Bonchev–Trinajstić information content (AvgIpc) is 3.74. The second kappa shape index (κ2) is 13.4. The van der Waals surface area contributed by atoms with Crippen molar-refractivity contribution in [1.82, 2.24) is 14.5 Å². The molecule has 2 aromatic carbocycles. The number of anilines is 1. The summed E-state index contributed by atoms with van der Waals surface area (Å²) in [5, 5.41) is 4.95. The Labute approximate surface area is 305 Å². The van der Waals surface area contributed by atoms with Gasteiger partial charge in [0.1, 0.15) is 15.7 Å². The van der Waals surface area contributed by atoms with Crippen LogP contribution in [0.25, 0.3) is 0 Å². The molecule has 0 radical (unpaired) electrons. The molecule has 12 heteroatoms. The van der Waals surface area contributed by atoms with Crippen LogP contribution in [0.4, 0.5) is 5.69 Å². The molecule has 2 saturated carbocycles. The SMILES string of the molecule is CCn1cc(C(=O)NS2(=O)=NC(=O)c3ccc4c(c3)N(C[C@@H]3CC[C@H]3[C@@H](OC)/C=C\C[C@H](C)C2)C[C@]2(CO4)C[C@@H]3C[C@@H]3c3cc(Cl)ccc32)cn1. The zero-order valence-corrected chi connectivity index (χ0v) is 31.0. The second-order valence-electron chi connectivity index (χ2n) is 15.4. The third-order valence-corrected chi connectivity index (χ3v) is 14.0. The lowest BCUT2D eigenvalue weighted by Crippen LogP contribution is -2.49. The van der Waals surface area contributed by atoms with Gasteiger partial charge in [0, 0.05) is 48.9 Å². The molecule has 10 nitrogen and oxygen atoms in total. The number of fused-ring (bicyclic) bond motifs is 6. The van der Waals surface area contributed by atoms with Gasteiger partial charge in [-0.25, -0.2) is 4.21 Å². The third-order valence-electron chi connectivity index (χ3n) is 11.8. The van der Waals surface area contributed by atoms with Crippen molar-refractivity contribution >= 4 is 39.0 Å². The fourth-order valence-corrected chi connectivity index (χ4v) is 11.0. The summed E-state index contributed by atoms with van der Waals surface area (Å²) in [4.78, 5) is 29.8. The van der Waals surface area contributed by atoms with Gasteiger partial charge in [0.05, 0.1) is 35.9 Å². The van der Waals surface area contributed by atoms with Crippen LogP contribution in [0.5, 0.6) is 5.75 Å². The first-order valence-corrected chi connectivity index (χ1v) is 20.3. The van der Waals surface area contributed by atoms with Crippen molar-refractivity contribution < 1.29 is 23.3 Å². The van der Waals surface area contributed by atoms with Crippen molar-refractivity contribution in [2.24, 2.45) is 28.0 Å². The largest absolute Gasteiger partial charge is 0.490 e. The predicted molar refractivity (Wildman–Crippen MR) is 198 cm³/mol. The molecule has 1 unspecified atom stereocenters. The summed E-state index contributed by atoms with van der Waals surface area (Å²) in [6.07, 6.45) is 12.2. The molecule has 0 saturated heterocycles. The minimum absolute atomic E-state index is 0.00865. The molecule has 270 valence electrons. The Morgan fingerprint density at radius 3 is 2.82 bits per heavy atom. The molecule has 1 aromatic heterocycles. The summed E-state index contributed by atoms with van der Waals surface area (Å²) >= 11 is 6.54. The lowest BCUT2D eigenvalue weighted by atomic mass is 9.68. The molecule has 2 fully saturated rings. The van der Waals surface area contributed by atoms with Gasteiger partial charge in [0.2, 0.25) is 0 Å². The number of aryl methyl sites for hydroxylation is 1. The van der Waals surface area contributed by atoms with Crippen LogP contribution < -0.4 is 14.4 Å². The van der Waals surface area contributed by atoms with E-state index in [1.807, 2.05) is 32.0 Å². The lowest BCUT2D eigenvalue weighted by Gasteiger charge is -2.46. The van der Waals surface area contributed by atoms with Crippen molar-refractivity contribution in [3.05, 3.63) is 88.2 Å². The minimum Gasteiger partial charge on any atom is -0.490 e. The molecule has 5 aliphatic rings. The van der Waals surface area contributed by atoms with Crippen molar-refractivity contribution in [2.45, 2.75) is 69.9 Å². The summed E-state index contributed by atoms with van der Waals surface area (Å²) in [6, 6.07) is 11.7. The molecular weight excluding hydrogens is 686 g/mol. The molecule has 8 atom stereocenters. The van der Waals surface area contributed by atoms with E-state index >= 15 is 0 Å². The Morgan fingerprint density at radius 1 is 1.20 bits per heavy atom. The van der Waals surface area contributed by atoms with E-state index < -0.39 is 21.7 Å². The maximum atomic E-state index is 14.5. The lowest BCUT2D eigenvalue weighted by molar-refractivity contribution is 0.0131. The van der Waals surface area contributed by atoms with Crippen LogP contribution >= 0.6 is 11.6 Å². The number of amides is 2. The number of ether oxygens (including phenoxy) is 2. The molecule has 51 heavy (non-hydrogen) atoms. The predicted octanol–water partition coefficient (Wildman–Crippen LogP) is 6.79. The zero-order valence-electron chi connectivity index (χ0n) is 29.4. The number of nitrogens with zero attached hydrogens (tertiary/aromatic N) is 4. The normalized spacial score (nSPS) is 33.3. The summed E-state index contributed by atoms with van der Waals surface area (Å²) in [6.45, 7) is 6.50. The van der Waals surface area contributed by atoms with Gasteiger partial charge >= 0.3 is 0 Å². The van der Waals surface area contributed by atoms with E-state index in [9.17, 15) is 13.8 Å². The van der Waals surface area contributed by atoms with E-state index in [0.29, 0.717) is 54.6 Å². The Hall–Kier alpha value is -3.67. The fourth-order valence-electron chi connectivity index (χ4n) is 8.95. The van der Waals surface area contributed by atoms with E-state index in [2.05, 4.69) is 43.4 Å². The Balaban J connectivity index is 1.20. The Kier molecular flexibility index (Phi) is 9.03. The van der Waals surface area contributed by atoms with Crippen LogP contribution in [0.1, 0.15) is 83.7 Å². The molecule has 2 bridgehead atoms. The van der Waals surface area contributed by atoms with Crippen LogP contribution in [0.2, 0.25) is 5.02 Å². The minimum atomic E-state index is -3.52. The van der Waals surface area contributed by atoms with Crippen LogP contribution in [0.3, 0.4) is 0 Å². The van der Waals surface area contributed by atoms with Gasteiger partial charge in [-0.1, -0.05) is 36.7 Å². The highest BCUT2D eigenvalue weighted by molar-refractivity contribution is 7.92. The van der Waals surface area contributed by atoms with Gasteiger partial charge in [-0.05, 0) is 110 Å². The summed E-state index contributed by atoms with van der Waals surface area (Å²) in [5.74, 6) is 1.26. The first kappa shape index (κ1) is 34.4. The van der Waals surface area contributed by atoms with E-state index in [-0.39, 0.29) is 28.8 Å². The number of halogens is 1. The summed E-state index contributed by atoms with van der Waals surface area (Å²) < 4.78 is 35.8. The Bertz CT molecular complexity index is 2020. The number of methoxy groups -OCH3 is 1. The number of aromatic nitrogens is 2. The van der Waals surface area contributed by atoms with Gasteiger partial charge in [-0.15, -0.1) is 4.36 Å².